The summed E-state index contributed by atoms with van der Waals surface area (Å²) in [5.41, 5.74) is 8.84. The lowest BCUT2D eigenvalue weighted by Crippen LogP contribution is -2.13. The molecule has 0 bridgehead atoms. The van der Waals surface area contributed by atoms with Gasteiger partial charge in [0.2, 0.25) is 0 Å². The first-order valence-corrected chi connectivity index (χ1v) is 4.58. The van der Waals surface area contributed by atoms with Crippen molar-refractivity contribution in [1.82, 2.24) is 0 Å². The van der Waals surface area contributed by atoms with Gasteiger partial charge in [-0.15, -0.1) is 0 Å². The van der Waals surface area contributed by atoms with Gasteiger partial charge in [0.1, 0.15) is 0 Å². The quantitative estimate of drug-likeness (QED) is 0.275. The van der Waals surface area contributed by atoms with Crippen LogP contribution in [0.15, 0.2) is 28.5 Å². The largest absolute Gasteiger partial charge is 0.411 e. The first kappa shape index (κ1) is 9.51. The van der Waals surface area contributed by atoms with Gasteiger partial charge >= 0.3 is 0 Å². The van der Waals surface area contributed by atoms with Crippen molar-refractivity contribution in [1.29, 1.82) is 0 Å². The molecule has 1 aromatic carbocycles. The Morgan fingerprint density at radius 1 is 1.27 bits per heavy atom. The van der Waals surface area contributed by atoms with E-state index in [-0.39, 0.29) is 5.84 Å². The number of rotatable bonds is 1. The Morgan fingerprint density at radius 2 is 2.07 bits per heavy atom. The number of nitrogens with two attached hydrogens (primary N) is 1. The van der Waals surface area contributed by atoms with E-state index < -0.39 is 0 Å². The van der Waals surface area contributed by atoms with Crippen LogP contribution in [0.2, 0.25) is 0 Å². The van der Waals surface area contributed by atoms with Crippen molar-refractivity contribution in [2.45, 2.75) is 12.8 Å². The van der Waals surface area contributed by atoms with Crippen molar-refractivity contribution >= 4 is 11.5 Å². The minimum atomic E-state index is 0.0900. The summed E-state index contributed by atoms with van der Waals surface area (Å²) in [6.07, 6.45) is 1.55. The zero-order chi connectivity index (χ0) is 10.8. The first-order chi connectivity index (χ1) is 7.26. The van der Waals surface area contributed by atoms with Crippen LogP contribution in [0.4, 0.5) is 0 Å². The molecule has 0 atom stereocenters. The van der Waals surface area contributed by atoms with Crippen LogP contribution in [0.3, 0.4) is 0 Å². The molecule has 1 aliphatic carbocycles. The summed E-state index contributed by atoms with van der Waals surface area (Å²) in [6, 6.07) is 5.41. The van der Waals surface area contributed by atoms with Crippen LogP contribution in [0.5, 0.6) is 0 Å². The highest BCUT2D eigenvalue weighted by molar-refractivity contribution is 6.05. The smallest absolute Gasteiger partial charge is 0.170 e. The van der Waals surface area contributed by atoms with Crippen molar-refractivity contribution in [3.63, 3.8) is 0 Å². The molecule has 78 valence electrons. The number of hydrogen-bond donors (Lipinski definition) is 3. The Morgan fingerprint density at radius 3 is 2.73 bits per heavy atom. The number of aryl methyl sites for hydroxylation is 1. The van der Waals surface area contributed by atoms with Crippen LogP contribution in [-0.4, -0.2) is 22.0 Å². The van der Waals surface area contributed by atoms with Crippen LogP contribution >= 0.6 is 0 Å². The third kappa shape index (κ3) is 1.52. The van der Waals surface area contributed by atoms with E-state index in [1.807, 2.05) is 12.1 Å². The Labute approximate surface area is 86.5 Å². The summed E-state index contributed by atoms with van der Waals surface area (Å²) in [7, 11) is 0. The molecule has 1 aliphatic rings. The topological polar surface area (TPSA) is 91.2 Å². The second-order valence-electron chi connectivity index (χ2n) is 3.40. The van der Waals surface area contributed by atoms with E-state index in [1.54, 1.807) is 6.07 Å². The maximum Gasteiger partial charge on any atom is 0.170 e. The number of benzene rings is 1. The fourth-order valence-electron chi connectivity index (χ4n) is 1.79. The number of amidine groups is 1. The molecule has 0 radical (unpaired) electrons. The number of nitrogens with zero attached hydrogens (tertiary/aromatic N) is 2. The highest BCUT2D eigenvalue weighted by Crippen LogP contribution is 2.23. The average Bonchev–Trinajstić information content (AvgIpc) is 2.69. The van der Waals surface area contributed by atoms with E-state index in [0.717, 1.165) is 24.0 Å². The summed E-state index contributed by atoms with van der Waals surface area (Å²) in [5.74, 6) is 0.0900. The Balaban J connectivity index is 2.46. The SMILES string of the molecule is N/C(=N\O)c1ccc2c(c1)CCC2=NO. The molecule has 0 saturated carbocycles. The summed E-state index contributed by atoms with van der Waals surface area (Å²) >= 11 is 0. The highest BCUT2D eigenvalue weighted by Gasteiger charge is 2.18. The molecule has 15 heavy (non-hydrogen) atoms. The lowest BCUT2D eigenvalue weighted by molar-refractivity contribution is 0.318. The molecule has 0 fully saturated rings. The minimum Gasteiger partial charge on any atom is -0.411 e. The third-order valence-corrected chi connectivity index (χ3v) is 2.57. The molecule has 5 nitrogen and oxygen atoms in total. The normalized spacial score (nSPS) is 18.1. The zero-order valence-corrected chi connectivity index (χ0v) is 8.01. The molecule has 0 amide bonds. The Kier molecular flexibility index (Phi) is 2.29. The van der Waals surface area contributed by atoms with E-state index in [4.69, 9.17) is 16.1 Å². The van der Waals surface area contributed by atoms with Gasteiger partial charge in [0.15, 0.2) is 5.84 Å². The van der Waals surface area contributed by atoms with E-state index in [0.29, 0.717) is 11.3 Å². The first-order valence-electron chi connectivity index (χ1n) is 4.58. The van der Waals surface area contributed by atoms with E-state index in [2.05, 4.69) is 10.3 Å². The summed E-state index contributed by atoms with van der Waals surface area (Å²) in [4.78, 5) is 0. The molecule has 1 aromatic rings. The predicted molar refractivity (Wildman–Crippen MR) is 55.6 cm³/mol. The second-order valence-corrected chi connectivity index (χ2v) is 3.40. The molecular formula is C10H11N3O2. The monoisotopic (exact) mass is 205 g/mol. The highest BCUT2D eigenvalue weighted by atomic mass is 16.4. The average molecular weight is 205 g/mol. The van der Waals surface area contributed by atoms with Gasteiger partial charge in [0.25, 0.3) is 0 Å². The predicted octanol–water partition coefficient (Wildman–Crippen LogP) is 0.906. The van der Waals surface area contributed by atoms with Crippen LogP contribution < -0.4 is 5.73 Å². The molecule has 0 saturated heterocycles. The van der Waals surface area contributed by atoms with Crippen molar-refractivity contribution in [2.75, 3.05) is 0 Å². The van der Waals surface area contributed by atoms with Gasteiger partial charge in [0.05, 0.1) is 5.71 Å². The van der Waals surface area contributed by atoms with Crippen LogP contribution in [-0.2, 0) is 6.42 Å². The molecule has 0 spiro atoms. The van der Waals surface area contributed by atoms with Crippen LogP contribution in [0, 0.1) is 0 Å². The minimum absolute atomic E-state index is 0.0900. The maximum atomic E-state index is 8.74. The van der Waals surface area contributed by atoms with E-state index in [1.165, 1.54) is 0 Å². The van der Waals surface area contributed by atoms with Gasteiger partial charge in [-0.2, -0.15) is 0 Å². The summed E-state index contributed by atoms with van der Waals surface area (Å²) in [5, 5.41) is 23.4. The fourth-order valence-corrected chi connectivity index (χ4v) is 1.79. The molecular weight excluding hydrogens is 194 g/mol. The zero-order valence-electron chi connectivity index (χ0n) is 8.01. The van der Waals surface area contributed by atoms with Gasteiger partial charge in [-0.05, 0) is 24.5 Å². The van der Waals surface area contributed by atoms with Gasteiger partial charge in [-0.25, -0.2) is 0 Å². The van der Waals surface area contributed by atoms with E-state index in [9.17, 15) is 0 Å². The lowest BCUT2D eigenvalue weighted by atomic mass is 10.1. The fraction of sp³-hybridized carbons (Fsp3) is 0.200. The Hall–Kier alpha value is -2.04. The maximum absolute atomic E-state index is 8.74. The van der Waals surface area contributed by atoms with Gasteiger partial charge in [0, 0.05) is 11.1 Å². The van der Waals surface area contributed by atoms with Crippen molar-refractivity contribution in [2.24, 2.45) is 16.0 Å². The van der Waals surface area contributed by atoms with Gasteiger partial charge < -0.3 is 16.1 Å². The van der Waals surface area contributed by atoms with Crippen molar-refractivity contribution < 1.29 is 10.4 Å². The number of oxime groups is 2. The summed E-state index contributed by atoms with van der Waals surface area (Å²) in [6.45, 7) is 0. The number of fused-ring (bicyclic) bond motifs is 1. The molecule has 0 heterocycles. The number of hydrogen-bond acceptors (Lipinski definition) is 4. The Bertz CT molecular complexity index is 452. The molecule has 0 unspecified atom stereocenters. The standard InChI is InChI=1S/C10H11N3O2/c11-10(13-15)7-1-3-8-6(5-7)2-4-9(8)12-14/h1,3,5,14-15H,2,4H2,(H2,11,13). The molecule has 0 aliphatic heterocycles. The van der Waals surface area contributed by atoms with Gasteiger partial charge in [-0.1, -0.05) is 22.4 Å². The van der Waals surface area contributed by atoms with Crippen LogP contribution in [0.25, 0.3) is 0 Å². The third-order valence-electron chi connectivity index (χ3n) is 2.57. The van der Waals surface area contributed by atoms with E-state index >= 15 is 0 Å². The molecule has 5 heteroatoms. The summed E-state index contributed by atoms with van der Waals surface area (Å²) < 4.78 is 0. The van der Waals surface area contributed by atoms with Crippen molar-refractivity contribution in [3.8, 4) is 0 Å². The molecule has 4 N–H and O–H groups in total. The second kappa shape index (κ2) is 3.61. The van der Waals surface area contributed by atoms with Crippen LogP contribution in [0.1, 0.15) is 23.1 Å². The molecule has 2 rings (SSSR count). The lowest BCUT2D eigenvalue weighted by Gasteiger charge is -2.02. The molecule has 0 aromatic heterocycles. The van der Waals surface area contributed by atoms with Crippen molar-refractivity contribution in [3.05, 3.63) is 34.9 Å². The van der Waals surface area contributed by atoms with Gasteiger partial charge in [-0.3, -0.25) is 0 Å².